The Kier molecular flexibility index (Phi) is 5.63. The number of fused-ring (bicyclic) bond motifs is 2. The van der Waals surface area contributed by atoms with E-state index in [9.17, 15) is 0 Å². The fraction of sp³-hybridized carbons (Fsp3) is 0.333. The summed E-state index contributed by atoms with van der Waals surface area (Å²) in [5.74, 6) is 1.98. The van der Waals surface area contributed by atoms with Crippen LogP contribution in [0.5, 0.6) is 11.5 Å². The van der Waals surface area contributed by atoms with Gasteiger partial charge in [0, 0.05) is 6.42 Å². The van der Waals surface area contributed by atoms with Crippen LogP contribution >= 0.6 is 0 Å². The molecule has 2 heteroatoms. The van der Waals surface area contributed by atoms with E-state index in [0.717, 1.165) is 24.5 Å². The van der Waals surface area contributed by atoms with Crippen molar-refractivity contribution in [1.29, 1.82) is 0 Å². The summed E-state index contributed by atoms with van der Waals surface area (Å²) in [5, 5.41) is 0. The fourth-order valence-electron chi connectivity index (χ4n) is 2.22. The van der Waals surface area contributed by atoms with Crippen LogP contribution in [0.1, 0.15) is 37.3 Å². The normalized spacial score (nSPS) is 11.5. The second-order valence-corrected chi connectivity index (χ2v) is 4.99. The van der Waals surface area contributed by atoms with Crippen molar-refractivity contribution in [2.45, 2.75) is 32.6 Å². The molecule has 0 radical (unpaired) electrons. The second kappa shape index (κ2) is 7.71. The molecule has 20 heavy (non-hydrogen) atoms. The summed E-state index contributed by atoms with van der Waals surface area (Å²) < 4.78 is 5.78. The minimum Gasteiger partial charge on any atom is -0.457 e. The maximum atomic E-state index is 5.78. The Hall–Kier alpha value is -1.80. The van der Waals surface area contributed by atoms with Crippen molar-refractivity contribution < 1.29 is 4.74 Å². The first kappa shape index (κ1) is 14.6. The number of rotatable bonds is 3. The van der Waals surface area contributed by atoms with Crippen LogP contribution in [0.3, 0.4) is 0 Å². The molecule has 2 N–H and O–H groups in total. The summed E-state index contributed by atoms with van der Waals surface area (Å²) >= 11 is 0. The van der Waals surface area contributed by atoms with Gasteiger partial charge in [0.1, 0.15) is 11.5 Å². The van der Waals surface area contributed by atoms with E-state index in [4.69, 9.17) is 10.5 Å². The van der Waals surface area contributed by atoms with E-state index < -0.39 is 0 Å². The van der Waals surface area contributed by atoms with Crippen molar-refractivity contribution in [3.05, 3.63) is 59.7 Å². The summed E-state index contributed by atoms with van der Waals surface area (Å²) in [6.45, 7) is 3.03. The van der Waals surface area contributed by atoms with E-state index >= 15 is 0 Å². The summed E-state index contributed by atoms with van der Waals surface area (Å²) in [4.78, 5) is 0. The first-order valence-corrected chi connectivity index (χ1v) is 7.39. The lowest BCUT2D eigenvalue weighted by Crippen LogP contribution is -2.01. The van der Waals surface area contributed by atoms with Crippen molar-refractivity contribution in [2.24, 2.45) is 5.73 Å². The van der Waals surface area contributed by atoms with E-state index in [1.54, 1.807) is 0 Å². The first-order chi connectivity index (χ1) is 9.85. The highest BCUT2D eigenvalue weighted by atomic mass is 16.5. The highest BCUT2D eigenvalue weighted by Gasteiger charge is 2.14. The third kappa shape index (κ3) is 3.84. The van der Waals surface area contributed by atoms with Gasteiger partial charge in [0.25, 0.3) is 0 Å². The van der Waals surface area contributed by atoms with E-state index in [1.807, 2.05) is 24.3 Å². The summed E-state index contributed by atoms with van der Waals surface area (Å²) in [6, 6.07) is 16.4. The SMILES string of the molecule is CCCCCN.c1ccc2c(c1)Cc1ccccc1O2. The number of unbranched alkanes of at least 4 members (excludes halogenated alkanes) is 2. The number of nitrogens with two attached hydrogens (primary N) is 1. The molecule has 1 heterocycles. The van der Waals surface area contributed by atoms with Crippen LogP contribution in [0.4, 0.5) is 0 Å². The largest absolute Gasteiger partial charge is 0.457 e. The van der Waals surface area contributed by atoms with E-state index in [1.165, 1.54) is 30.4 Å². The van der Waals surface area contributed by atoms with Crippen molar-refractivity contribution in [3.63, 3.8) is 0 Å². The van der Waals surface area contributed by atoms with Gasteiger partial charge in [-0.1, -0.05) is 56.2 Å². The van der Waals surface area contributed by atoms with Crippen LogP contribution in [0.15, 0.2) is 48.5 Å². The van der Waals surface area contributed by atoms with Crippen LogP contribution in [0.25, 0.3) is 0 Å². The van der Waals surface area contributed by atoms with E-state index in [-0.39, 0.29) is 0 Å². The third-order valence-corrected chi connectivity index (χ3v) is 3.35. The van der Waals surface area contributed by atoms with Crippen molar-refractivity contribution in [3.8, 4) is 11.5 Å². The molecule has 0 aliphatic carbocycles. The molecule has 1 aliphatic heterocycles. The molecule has 0 amide bonds. The van der Waals surface area contributed by atoms with Gasteiger partial charge < -0.3 is 10.5 Å². The predicted octanol–water partition coefficient (Wildman–Crippen LogP) is 4.52. The van der Waals surface area contributed by atoms with Crippen LogP contribution in [-0.4, -0.2) is 6.54 Å². The zero-order valence-corrected chi connectivity index (χ0v) is 12.1. The Morgan fingerprint density at radius 3 is 1.90 bits per heavy atom. The minimum absolute atomic E-state index is 0.855. The maximum absolute atomic E-state index is 5.78. The smallest absolute Gasteiger partial charge is 0.130 e. The zero-order chi connectivity index (χ0) is 14.2. The molecule has 0 atom stereocenters. The minimum atomic E-state index is 0.855. The molecule has 0 fully saturated rings. The van der Waals surface area contributed by atoms with Gasteiger partial charge in [0.15, 0.2) is 0 Å². The standard InChI is InChI=1S/C13H10O.C5H13N/c1-3-7-12-10(5-1)9-11-6-2-4-8-13(11)14-12;1-2-3-4-5-6/h1-8H,9H2;2-6H2,1H3. The molecule has 2 aromatic rings. The molecule has 0 bridgehead atoms. The van der Waals surface area contributed by atoms with Gasteiger partial charge in [0.2, 0.25) is 0 Å². The van der Waals surface area contributed by atoms with Crippen molar-refractivity contribution in [2.75, 3.05) is 6.54 Å². The van der Waals surface area contributed by atoms with Gasteiger partial charge in [0.05, 0.1) is 0 Å². The Bertz CT molecular complexity index is 445. The Labute approximate surface area is 121 Å². The summed E-state index contributed by atoms with van der Waals surface area (Å²) in [7, 11) is 0. The molecule has 3 rings (SSSR count). The van der Waals surface area contributed by atoms with Gasteiger partial charge in [-0.05, 0) is 36.2 Å². The van der Waals surface area contributed by atoms with Gasteiger partial charge >= 0.3 is 0 Å². The number of benzene rings is 2. The molecule has 106 valence electrons. The lowest BCUT2D eigenvalue weighted by Gasteiger charge is -2.19. The van der Waals surface area contributed by atoms with E-state index in [2.05, 4.69) is 31.2 Å². The van der Waals surface area contributed by atoms with Gasteiger partial charge in [-0.2, -0.15) is 0 Å². The van der Waals surface area contributed by atoms with Crippen LogP contribution in [0.2, 0.25) is 0 Å². The average Bonchev–Trinajstić information content (AvgIpc) is 2.51. The molecular formula is C18H23NO. The van der Waals surface area contributed by atoms with Crippen molar-refractivity contribution >= 4 is 0 Å². The monoisotopic (exact) mass is 269 g/mol. The molecule has 0 saturated carbocycles. The highest BCUT2D eigenvalue weighted by molar-refractivity contribution is 5.49. The average molecular weight is 269 g/mol. The number of ether oxygens (including phenoxy) is 1. The lowest BCUT2D eigenvalue weighted by molar-refractivity contribution is 0.460. The first-order valence-electron chi connectivity index (χ1n) is 7.39. The maximum Gasteiger partial charge on any atom is 0.130 e. The molecule has 0 unspecified atom stereocenters. The molecular weight excluding hydrogens is 246 g/mol. The molecule has 2 aromatic carbocycles. The summed E-state index contributed by atoms with van der Waals surface area (Å²) in [6.07, 6.45) is 4.73. The Morgan fingerprint density at radius 1 is 0.900 bits per heavy atom. The summed E-state index contributed by atoms with van der Waals surface area (Å²) in [5.41, 5.74) is 7.75. The molecule has 2 nitrogen and oxygen atoms in total. The van der Waals surface area contributed by atoms with Crippen LogP contribution in [-0.2, 0) is 6.42 Å². The fourth-order valence-corrected chi connectivity index (χ4v) is 2.22. The molecule has 0 saturated heterocycles. The Morgan fingerprint density at radius 2 is 1.45 bits per heavy atom. The van der Waals surface area contributed by atoms with Gasteiger partial charge in [-0.3, -0.25) is 0 Å². The molecule has 1 aliphatic rings. The lowest BCUT2D eigenvalue weighted by atomic mass is 10.0. The number of hydrogen-bond donors (Lipinski definition) is 1. The van der Waals surface area contributed by atoms with Crippen LogP contribution in [0, 0.1) is 0 Å². The quantitative estimate of drug-likeness (QED) is 0.710. The zero-order valence-electron chi connectivity index (χ0n) is 12.1. The predicted molar refractivity (Wildman–Crippen MR) is 84.3 cm³/mol. The topological polar surface area (TPSA) is 35.2 Å². The van der Waals surface area contributed by atoms with Crippen LogP contribution < -0.4 is 10.5 Å². The Balaban J connectivity index is 0.000000212. The van der Waals surface area contributed by atoms with Gasteiger partial charge in [-0.25, -0.2) is 0 Å². The molecule has 0 aromatic heterocycles. The highest BCUT2D eigenvalue weighted by Crippen LogP contribution is 2.35. The number of para-hydroxylation sites is 2. The number of hydrogen-bond acceptors (Lipinski definition) is 2. The second-order valence-electron chi connectivity index (χ2n) is 4.99. The molecule has 0 spiro atoms. The third-order valence-electron chi connectivity index (χ3n) is 3.35. The van der Waals surface area contributed by atoms with Gasteiger partial charge in [-0.15, -0.1) is 0 Å². The van der Waals surface area contributed by atoms with Crippen molar-refractivity contribution in [1.82, 2.24) is 0 Å². The van der Waals surface area contributed by atoms with E-state index in [0.29, 0.717) is 0 Å².